The van der Waals surface area contributed by atoms with Crippen LogP contribution in [0.15, 0.2) is 0 Å². The van der Waals surface area contributed by atoms with Crippen LogP contribution < -0.4 is 0 Å². The summed E-state index contributed by atoms with van der Waals surface area (Å²) in [7, 11) is 1.77. The average Bonchev–Trinajstić information content (AvgIpc) is 2.17. The Balaban J connectivity index is 2.33. The second-order valence-corrected chi connectivity index (χ2v) is 5.39. The van der Waals surface area contributed by atoms with Crippen molar-refractivity contribution in [2.45, 2.75) is 77.1 Å². The third-order valence-corrected chi connectivity index (χ3v) is 3.22. The lowest BCUT2D eigenvalue weighted by molar-refractivity contribution is -0.105. The summed E-state index contributed by atoms with van der Waals surface area (Å²) in [6.45, 7) is 6.46. The molecule has 1 fully saturated rings. The molecule has 0 N–H and O–H groups in total. The Bertz CT molecular complexity index is 171. The average molecular weight is 214 g/mol. The zero-order valence-corrected chi connectivity index (χ0v) is 10.7. The molecule has 1 aliphatic carbocycles. The van der Waals surface area contributed by atoms with E-state index >= 15 is 0 Å². The van der Waals surface area contributed by atoms with Crippen molar-refractivity contribution in [3.8, 4) is 0 Å². The van der Waals surface area contributed by atoms with Crippen molar-refractivity contribution >= 4 is 0 Å². The van der Waals surface area contributed by atoms with Crippen molar-refractivity contribution in [2.75, 3.05) is 7.11 Å². The topological polar surface area (TPSA) is 18.5 Å². The number of hydrogen-bond acceptors (Lipinski definition) is 2. The molecule has 0 bridgehead atoms. The Morgan fingerprint density at radius 3 is 2.33 bits per heavy atom. The minimum absolute atomic E-state index is 0.0442. The quantitative estimate of drug-likeness (QED) is 0.697. The lowest BCUT2D eigenvalue weighted by atomic mass is 9.95. The summed E-state index contributed by atoms with van der Waals surface area (Å²) in [5.41, 5.74) is -0.0442. The molecule has 0 saturated heterocycles. The van der Waals surface area contributed by atoms with Crippen LogP contribution in [-0.2, 0) is 9.47 Å². The van der Waals surface area contributed by atoms with Crippen LogP contribution in [0.25, 0.3) is 0 Å². The predicted octanol–water partition coefficient (Wildman–Crippen LogP) is 3.54. The van der Waals surface area contributed by atoms with Gasteiger partial charge in [0.2, 0.25) is 0 Å². The number of methoxy groups -OCH3 is 1. The molecule has 0 aromatic heterocycles. The van der Waals surface area contributed by atoms with Gasteiger partial charge in [-0.05, 0) is 33.6 Å². The fourth-order valence-electron chi connectivity index (χ4n) is 2.46. The normalized spacial score (nSPS) is 21.6. The summed E-state index contributed by atoms with van der Waals surface area (Å²) in [4.78, 5) is 0. The van der Waals surface area contributed by atoms with Crippen LogP contribution in [0.3, 0.4) is 0 Å². The van der Waals surface area contributed by atoms with E-state index < -0.39 is 0 Å². The number of ether oxygens (including phenoxy) is 2. The lowest BCUT2D eigenvalue weighted by Crippen LogP contribution is -2.35. The summed E-state index contributed by atoms with van der Waals surface area (Å²) in [5, 5.41) is 0. The van der Waals surface area contributed by atoms with Gasteiger partial charge in [0, 0.05) is 13.5 Å². The van der Waals surface area contributed by atoms with Gasteiger partial charge in [0.15, 0.2) is 0 Å². The van der Waals surface area contributed by atoms with Crippen molar-refractivity contribution in [3.05, 3.63) is 0 Å². The second kappa shape index (κ2) is 5.86. The maximum absolute atomic E-state index is 6.17. The van der Waals surface area contributed by atoms with E-state index in [9.17, 15) is 0 Å². The monoisotopic (exact) mass is 214 g/mol. The molecule has 1 rings (SSSR count). The van der Waals surface area contributed by atoms with Gasteiger partial charge in [0.05, 0.1) is 17.8 Å². The van der Waals surface area contributed by atoms with Gasteiger partial charge in [-0.2, -0.15) is 0 Å². The van der Waals surface area contributed by atoms with Crippen molar-refractivity contribution in [3.63, 3.8) is 0 Å². The molecule has 15 heavy (non-hydrogen) atoms. The summed E-state index contributed by atoms with van der Waals surface area (Å²) in [5.74, 6) is 0. The molecular weight excluding hydrogens is 188 g/mol. The summed E-state index contributed by atoms with van der Waals surface area (Å²) in [6, 6.07) is 0. The summed E-state index contributed by atoms with van der Waals surface area (Å²) < 4.78 is 11.5. The third kappa shape index (κ3) is 4.98. The highest BCUT2D eigenvalue weighted by atomic mass is 16.5. The molecule has 1 saturated carbocycles. The first kappa shape index (κ1) is 13.0. The van der Waals surface area contributed by atoms with Crippen molar-refractivity contribution in [2.24, 2.45) is 0 Å². The molecule has 2 nitrogen and oxygen atoms in total. The summed E-state index contributed by atoms with van der Waals surface area (Å²) >= 11 is 0. The minimum atomic E-state index is -0.0442. The Hall–Kier alpha value is -0.0800. The SMILES string of the molecule is COC(C)CC(C)(C)OC1CCCCC1. The highest BCUT2D eigenvalue weighted by molar-refractivity contribution is 4.76. The minimum Gasteiger partial charge on any atom is -0.382 e. The summed E-state index contributed by atoms with van der Waals surface area (Å²) in [6.07, 6.45) is 8.27. The predicted molar refractivity (Wildman–Crippen MR) is 63.1 cm³/mol. The fourth-order valence-corrected chi connectivity index (χ4v) is 2.46. The molecule has 0 heterocycles. The Labute approximate surface area is 94.3 Å². The van der Waals surface area contributed by atoms with E-state index in [4.69, 9.17) is 9.47 Å². The molecule has 0 spiro atoms. The van der Waals surface area contributed by atoms with Crippen LogP contribution in [0.5, 0.6) is 0 Å². The molecular formula is C13H26O2. The first-order chi connectivity index (χ1) is 7.03. The standard InChI is InChI=1S/C13H26O2/c1-11(14-4)10-13(2,3)15-12-8-6-5-7-9-12/h11-12H,5-10H2,1-4H3. The van der Waals surface area contributed by atoms with Gasteiger partial charge in [-0.15, -0.1) is 0 Å². The van der Waals surface area contributed by atoms with Gasteiger partial charge in [-0.25, -0.2) is 0 Å². The van der Waals surface area contributed by atoms with Gasteiger partial charge in [0.25, 0.3) is 0 Å². The number of rotatable bonds is 5. The lowest BCUT2D eigenvalue weighted by Gasteiger charge is -2.34. The van der Waals surface area contributed by atoms with Gasteiger partial charge >= 0.3 is 0 Å². The van der Waals surface area contributed by atoms with Crippen molar-refractivity contribution in [1.29, 1.82) is 0 Å². The molecule has 0 amide bonds. The van der Waals surface area contributed by atoms with Gasteiger partial charge in [-0.3, -0.25) is 0 Å². The van der Waals surface area contributed by atoms with Gasteiger partial charge < -0.3 is 9.47 Å². The van der Waals surface area contributed by atoms with Crippen LogP contribution in [-0.4, -0.2) is 24.9 Å². The third-order valence-electron chi connectivity index (χ3n) is 3.22. The second-order valence-electron chi connectivity index (χ2n) is 5.39. The number of hydrogen-bond donors (Lipinski definition) is 0. The maximum atomic E-state index is 6.17. The van der Waals surface area contributed by atoms with Gasteiger partial charge in [-0.1, -0.05) is 19.3 Å². The van der Waals surface area contributed by atoms with E-state index in [1.807, 2.05) is 0 Å². The molecule has 0 radical (unpaired) electrons. The molecule has 0 aromatic rings. The van der Waals surface area contributed by atoms with Crippen LogP contribution in [0, 0.1) is 0 Å². The maximum Gasteiger partial charge on any atom is 0.0654 e. The highest BCUT2D eigenvalue weighted by Gasteiger charge is 2.26. The van der Waals surface area contributed by atoms with E-state index in [1.54, 1.807) is 7.11 Å². The van der Waals surface area contributed by atoms with E-state index in [0.29, 0.717) is 6.10 Å². The Morgan fingerprint density at radius 1 is 1.20 bits per heavy atom. The van der Waals surface area contributed by atoms with Crippen LogP contribution in [0.4, 0.5) is 0 Å². The molecule has 1 aliphatic rings. The van der Waals surface area contributed by atoms with E-state index in [2.05, 4.69) is 20.8 Å². The molecule has 90 valence electrons. The molecule has 2 heteroatoms. The van der Waals surface area contributed by atoms with Gasteiger partial charge in [0.1, 0.15) is 0 Å². The smallest absolute Gasteiger partial charge is 0.0654 e. The van der Waals surface area contributed by atoms with Crippen LogP contribution >= 0.6 is 0 Å². The molecule has 1 atom stereocenters. The molecule has 1 unspecified atom stereocenters. The van der Waals surface area contributed by atoms with E-state index in [-0.39, 0.29) is 11.7 Å². The van der Waals surface area contributed by atoms with Crippen LogP contribution in [0.1, 0.15) is 59.3 Å². The zero-order chi connectivity index (χ0) is 11.3. The first-order valence-corrected chi connectivity index (χ1v) is 6.24. The molecule has 0 aliphatic heterocycles. The highest BCUT2D eigenvalue weighted by Crippen LogP contribution is 2.27. The first-order valence-electron chi connectivity index (χ1n) is 6.24. The van der Waals surface area contributed by atoms with Crippen molar-refractivity contribution < 1.29 is 9.47 Å². The molecule has 0 aromatic carbocycles. The van der Waals surface area contributed by atoms with Crippen LogP contribution in [0.2, 0.25) is 0 Å². The Kier molecular flexibility index (Phi) is 5.07. The van der Waals surface area contributed by atoms with Crippen molar-refractivity contribution in [1.82, 2.24) is 0 Å². The largest absolute Gasteiger partial charge is 0.382 e. The fraction of sp³-hybridized carbons (Fsp3) is 1.00. The zero-order valence-electron chi connectivity index (χ0n) is 10.7. The van der Waals surface area contributed by atoms with E-state index in [1.165, 1.54) is 32.1 Å². The Morgan fingerprint density at radius 2 is 1.80 bits per heavy atom. The van der Waals surface area contributed by atoms with E-state index in [0.717, 1.165) is 6.42 Å².